The Balaban J connectivity index is 3.36. The minimum Gasteiger partial charge on any atom is -0.389 e. The van der Waals surface area contributed by atoms with Gasteiger partial charge in [0, 0.05) is 13.1 Å². The number of hydrogen-bond acceptors (Lipinski definition) is 4. The molecule has 0 saturated carbocycles. The van der Waals surface area contributed by atoms with Gasteiger partial charge in [0.05, 0.1) is 11.3 Å². The number of aromatic nitrogens is 2. The van der Waals surface area contributed by atoms with Crippen LogP contribution in [-0.2, 0) is 0 Å². The first kappa shape index (κ1) is 15.8. The molecule has 0 aliphatic carbocycles. The largest absolute Gasteiger partial charge is 0.389 e. The molecular formula is C14H24N4S. The number of aryl methyl sites for hydroxylation is 1. The highest BCUT2D eigenvalue weighted by Crippen LogP contribution is 2.29. The van der Waals surface area contributed by atoms with E-state index >= 15 is 0 Å². The van der Waals surface area contributed by atoms with Gasteiger partial charge in [0.1, 0.15) is 4.99 Å². The predicted octanol–water partition coefficient (Wildman–Crippen LogP) is 2.60. The SMILES string of the molecule is Cc1nnc(N(C)C(C)C(C)(C)C)c(C(N)=S)c1C. The van der Waals surface area contributed by atoms with Crippen LogP contribution in [0.1, 0.15) is 44.5 Å². The number of anilines is 1. The second kappa shape index (κ2) is 5.41. The van der Waals surface area contributed by atoms with Crippen LogP contribution >= 0.6 is 12.2 Å². The Morgan fingerprint density at radius 3 is 2.21 bits per heavy atom. The molecule has 1 atom stereocenters. The van der Waals surface area contributed by atoms with E-state index in [1.54, 1.807) is 0 Å². The summed E-state index contributed by atoms with van der Waals surface area (Å²) in [6.45, 7) is 12.7. The fourth-order valence-electron chi connectivity index (χ4n) is 1.90. The molecule has 0 bridgehead atoms. The quantitative estimate of drug-likeness (QED) is 0.863. The first-order valence-electron chi connectivity index (χ1n) is 6.44. The van der Waals surface area contributed by atoms with Crippen LogP contribution in [-0.4, -0.2) is 28.3 Å². The van der Waals surface area contributed by atoms with Crippen molar-refractivity contribution >= 4 is 23.0 Å². The second-order valence-electron chi connectivity index (χ2n) is 6.13. The van der Waals surface area contributed by atoms with Crippen molar-refractivity contribution in [1.29, 1.82) is 0 Å². The predicted molar refractivity (Wildman–Crippen MR) is 84.7 cm³/mol. The Bertz CT molecular complexity index is 491. The summed E-state index contributed by atoms with van der Waals surface area (Å²) in [5, 5.41) is 8.50. The number of thiocarbonyl (C=S) groups is 1. The van der Waals surface area contributed by atoms with E-state index < -0.39 is 0 Å². The molecule has 106 valence electrons. The normalized spacial score (nSPS) is 13.2. The average molecular weight is 280 g/mol. The van der Waals surface area contributed by atoms with Crippen molar-refractivity contribution in [3.8, 4) is 0 Å². The van der Waals surface area contributed by atoms with Gasteiger partial charge in [-0.3, -0.25) is 0 Å². The third-order valence-electron chi connectivity index (χ3n) is 3.85. The molecule has 0 aromatic carbocycles. The topological polar surface area (TPSA) is 55.0 Å². The van der Waals surface area contributed by atoms with E-state index in [1.165, 1.54) is 0 Å². The summed E-state index contributed by atoms with van der Waals surface area (Å²) in [6, 6.07) is 0.289. The Morgan fingerprint density at radius 1 is 1.26 bits per heavy atom. The molecule has 19 heavy (non-hydrogen) atoms. The Labute approximate surface area is 121 Å². The van der Waals surface area contributed by atoms with Gasteiger partial charge in [0.2, 0.25) is 0 Å². The van der Waals surface area contributed by atoms with Crippen molar-refractivity contribution in [1.82, 2.24) is 10.2 Å². The summed E-state index contributed by atoms with van der Waals surface area (Å²) < 4.78 is 0. The summed E-state index contributed by atoms with van der Waals surface area (Å²) in [7, 11) is 2.01. The van der Waals surface area contributed by atoms with Gasteiger partial charge in [-0.25, -0.2) is 0 Å². The van der Waals surface area contributed by atoms with E-state index in [-0.39, 0.29) is 11.5 Å². The number of hydrogen-bond donors (Lipinski definition) is 1. The van der Waals surface area contributed by atoms with Crippen molar-refractivity contribution in [3.05, 3.63) is 16.8 Å². The van der Waals surface area contributed by atoms with Crippen LogP contribution < -0.4 is 10.6 Å². The zero-order valence-electron chi connectivity index (χ0n) is 12.9. The maximum atomic E-state index is 5.87. The first-order chi connectivity index (χ1) is 8.57. The molecule has 1 aromatic heterocycles. The highest BCUT2D eigenvalue weighted by molar-refractivity contribution is 7.80. The van der Waals surface area contributed by atoms with Gasteiger partial charge in [0.15, 0.2) is 5.82 Å². The molecule has 0 amide bonds. The Kier molecular flexibility index (Phi) is 4.50. The zero-order chi connectivity index (χ0) is 15.0. The maximum Gasteiger partial charge on any atom is 0.161 e. The number of nitrogens with two attached hydrogens (primary N) is 1. The smallest absolute Gasteiger partial charge is 0.161 e. The van der Waals surface area contributed by atoms with Crippen molar-refractivity contribution in [2.24, 2.45) is 11.1 Å². The molecule has 0 aliphatic heterocycles. The molecule has 1 aromatic rings. The minimum atomic E-state index is 0.128. The maximum absolute atomic E-state index is 5.87. The van der Waals surface area contributed by atoms with Crippen LogP contribution in [0, 0.1) is 19.3 Å². The van der Waals surface area contributed by atoms with Gasteiger partial charge in [0.25, 0.3) is 0 Å². The summed E-state index contributed by atoms with van der Waals surface area (Å²) in [5.74, 6) is 0.762. The lowest BCUT2D eigenvalue weighted by Crippen LogP contribution is -2.41. The molecule has 4 nitrogen and oxygen atoms in total. The summed E-state index contributed by atoms with van der Waals surface area (Å²) in [6.07, 6.45) is 0. The van der Waals surface area contributed by atoms with Crippen LogP contribution in [0.3, 0.4) is 0 Å². The zero-order valence-corrected chi connectivity index (χ0v) is 13.7. The van der Waals surface area contributed by atoms with E-state index in [9.17, 15) is 0 Å². The van der Waals surface area contributed by atoms with Gasteiger partial charge in [-0.2, -0.15) is 5.10 Å². The molecule has 1 heterocycles. The van der Waals surface area contributed by atoms with Crippen LogP contribution in [0.4, 0.5) is 5.82 Å². The van der Waals surface area contributed by atoms with E-state index in [0.29, 0.717) is 4.99 Å². The molecule has 0 spiro atoms. The highest BCUT2D eigenvalue weighted by Gasteiger charge is 2.27. The Hall–Kier alpha value is -1.23. The lowest BCUT2D eigenvalue weighted by atomic mass is 9.87. The third kappa shape index (κ3) is 3.21. The molecule has 2 N–H and O–H groups in total. The van der Waals surface area contributed by atoms with Gasteiger partial charge in [-0.1, -0.05) is 33.0 Å². The van der Waals surface area contributed by atoms with Crippen molar-refractivity contribution < 1.29 is 0 Å². The van der Waals surface area contributed by atoms with Crippen molar-refractivity contribution in [3.63, 3.8) is 0 Å². The fourth-order valence-corrected chi connectivity index (χ4v) is 2.15. The van der Waals surface area contributed by atoms with E-state index in [1.807, 2.05) is 20.9 Å². The molecular weight excluding hydrogens is 256 g/mol. The first-order valence-corrected chi connectivity index (χ1v) is 6.84. The molecule has 1 unspecified atom stereocenters. The Morgan fingerprint density at radius 2 is 1.79 bits per heavy atom. The lowest BCUT2D eigenvalue weighted by Gasteiger charge is -2.36. The van der Waals surface area contributed by atoms with Crippen LogP contribution in [0.15, 0.2) is 0 Å². The van der Waals surface area contributed by atoms with Crippen molar-refractivity contribution in [2.75, 3.05) is 11.9 Å². The van der Waals surface area contributed by atoms with E-state index in [4.69, 9.17) is 18.0 Å². The van der Waals surface area contributed by atoms with Gasteiger partial charge in [-0.15, -0.1) is 5.10 Å². The number of nitrogens with zero attached hydrogens (tertiary/aromatic N) is 3. The average Bonchev–Trinajstić information content (AvgIpc) is 2.28. The lowest BCUT2D eigenvalue weighted by molar-refractivity contribution is 0.328. The van der Waals surface area contributed by atoms with Gasteiger partial charge in [-0.05, 0) is 31.7 Å². The fraction of sp³-hybridized carbons (Fsp3) is 0.643. The second-order valence-corrected chi connectivity index (χ2v) is 6.57. The van der Waals surface area contributed by atoms with Gasteiger partial charge < -0.3 is 10.6 Å². The molecule has 0 radical (unpaired) electrons. The van der Waals surface area contributed by atoms with Crippen molar-refractivity contribution in [2.45, 2.75) is 47.6 Å². The van der Waals surface area contributed by atoms with Crippen LogP contribution in [0.5, 0.6) is 0 Å². The number of rotatable bonds is 3. The summed E-state index contributed by atoms with van der Waals surface area (Å²) >= 11 is 5.18. The van der Waals surface area contributed by atoms with Crippen LogP contribution in [0.25, 0.3) is 0 Å². The molecule has 1 rings (SSSR count). The molecule has 5 heteroatoms. The standard InChI is InChI=1S/C14H24N4S/c1-8-9(2)16-17-13(11(8)12(15)19)18(7)10(3)14(4,5)6/h10H,1-7H3,(H2,15,19). The monoisotopic (exact) mass is 280 g/mol. The third-order valence-corrected chi connectivity index (χ3v) is 4.05. The molecule has 0 fully saturated rings. The van der Waals surface area contributed by atoms with Gasteiger partial charge >= 0.3 is 0 Å². The van der Waals surface area contributed by atoms with Crippen LogP contribution in [0.2, 0.25) is 0 Å². The molecule has 0 aliphatic rings. The molecule has 0 saturated heterocycles. The minimum absolute atomic E-state index is 0.128. The highest BCUT2D eigenvalue weighted by atomic mass is 32.1. The summed E-state index contributed by atoms with van der Waals surface area (Å²) in [5.41, 5.74) is 8.70. The van der Waals surface area contributed by atoms with E-state index in [0.717, 1.165) is 22.6 Å². The van der Waals surface area contributed by atoms with E-state index in [2.05, 4.69) is 42.8 Å². The summed E-state index contributed by atoms with van der Waals surface area (Å²) in [4.78, 5) is 2.48.